The Morgan fingerprint density at radius 1 is 1.38 bits per heavy atom. The third kappa shape index (κ3) is 1.97. The highest BCUT2D eigenvalue weighted by Crippen LogP contribution is 2.24. The molecule has 0 amide bonds. The lowest BCUT2D eigenvalue weighted by atomic mass is 10.1. The standard InChI is InChI=1S/C13H18N2S/c1-3-16-9-11-7-12-10(8-14)5-4-6-13(12)15(11)2/h4-7H,3,8-9,14H2,1-2H3. The number of hydrogen-bond acceptors (Lipinski definition) is 2. The van der Waals surface area contributed by atoms with Crippen molar-refractivity contribution in [3.05, 3.63) is 35.5 Å². The maximum absolute atomic E-state index is 5.76. The number of aryl methyl sites for hydroxylation is 1. The summed E-state index contributed by atoms with van der Waals surface area (Å²) in [5, 5.41) is 1.30. The second kappa shape index (κ2) is 4.93. The van der Waals surface area contributed by atoms with E-state index in [1.807, 2.05) is 11.8 Å². The van der Waals surface area contributed by atoms with Crippen molar-refractivity contribution >= 4 is 22.7 Å². The van der Waals surface area contributed by atoms with Crippen molar-refractivity contribution in [2.24, 2.45) is 12.8 Å². The van der Waals surface area contributed by atoms with Crippen LogP contribution in [0.1, 0.15) is 18.2 Å². The van der Waals surface area contributed by atoms with Crippen LogP contribution in [-0.4, -0.2) is 10.3 Å². The van der Waals surface area contributed by atoms with E-state index in [4.69, 9.17) is 5.73 Å². The molecule has 3 heteroatoms. The molecule has 0 aliphatic carbocycles. The first-order valence-corrected chi connectivity index (χ1v) is 6.77. The molecule has 0 fully saturated rings. The molecule has 2 aromatic rings. The zero-order valence-electron chi connectivity index (χ0n) is 9.86. The molecular weight excluding hydrogens is 216 g/mol. The predicted octanol–water partition coefficient (Wildman–Crippen LogP) is 2.89. The molecule has 2 nitrogen and oxygen atoms in total. The molecule has 0 unspecified atom stereocenters. The zero-order chi connectivity index (χ0) is 11.5. The van der Waals surface area contributed by atoms with Crippen LogP contribution in [0.15, 0.2) is 24.3 Å². The van der Waals surface area contributed by atoms with Gasteiger partial charge in [-0.3, -0.25) is 0 Å². The lowest BCUT2D eigenvalue weighted by molar-refractivity contribution is 0.909. The summed E-state index contributed by atoms with van der Waals surface area (Å²) in [5.74, 6) is 2.23. The minimum atomic E-state index is 0.613. The summed E-state index contributed by atoms with van der Waals surface area (Å²) in [5.41, 5.74) is 9.66. The van der Waals surface area contributed by atoms with Crippen molar-refractivity contribution in [3.63, 3.8) is 0 Å². The van der Waals surface area contributed by atoms with Gasteiger partial charge in [0.05, 0.1) is 0 Å². The molecule has 1 aromatic heterocycles. The quantitative estimate of drug-likeness (QED) is 0.882. The third-order valence-electron chi connectivity index (χ3n) is 2.95. The Hall–Kier alpha value is -0.930. The lowest BCUT2D eigenvalue weighted by Gasteiger charge is -2.03. The number of rotatable bonds is 4. The van der Waals surface area contributed by atoms with Gasteiger partial charge in [0.25, 0.3) is 0 Å². The van der Waals surface area contributed by atoms with Crippen LogP contribution in [0.5, 0.6) is 0 Å². The van der Waals surface area contributed by atoms with E-state index in [-0.39, 0.29) is 0 Å². The fourth-order valence-electron chi connectivity index (χ4n) is 2.00. The normalized spacial score (nSPS) is 11.2. The smallest absolute Gasteiger partial charge is 0.0483 e. The molecule has 0 saturated carbocycles. The fraction of sp³-hybridized carbons (Fsp3) is 0.385. The predicted molar refractivity (Wildman–Crippen MR) is 72.6 cm³/mol. The first-order chi connectivity index (χ1) is 7.77. The second-order valence-electron chi connectivity index (χ2n) is 3.89. The van der Waals surface area contributed by atoms with Crippen LogP contribution >= 0.6 is 11.8 Å². The second-order valence-corrected chi connectivity index (χ2v) is 5.16. The maximum atomic E-state index is 5.76. The van der Waals surface area contributed by atoms with Crippen LogP contribution in [0.4, 0.5) is 0 Å². The van der Waals surface area contributed by atoms with Crippen LogP contribution in [0.2, 0.25) is 0 Å². The van der Waals surface area contributed by atoms with E-state index in [9.17, 15) is 0 Å². The maximum Gasteiger partial charge on any atom is 0.0483 e. The Balaban J connectivity index is 2.49. The lowest BCUT2D eigenvalue weighted by Crippen LogP contribution is -1.97. The number of nitrogens with two attached hydrogens (primary N) is 1. The van der Waals surface area contributed by atoms with Crippen LogP contribution < -0.4 is 5.73 Å². The average Bonchev–Trinajstić information content (AvgIpc) is 2.64. The number of aromatic nitrogens is 1. The van der Waals surface area contributed by atoms with E-state index in [1.54, 1.807) is 0 Å². The van der Waals surface area contributed by atoms with Crippen molar-refractivity contribution in [1.82, 2.24) is 4.57 Å². The SMILES string of the molecule is CCSCc1cc2c(CN)cccc2n1C. The van der Waals surface area contributed by atoms with Crippen molar-refractivity contribution in [2.75, 3.05) is 5.75 Å². The Morgan fingerprint density at radius 2 is 2.19 bits per heavy atom. The fourth-order valence-corrected chi connectivity index (χ4v) is 2.69. The Morgan fingerprint density at radius 3 is 2.88 bits per heavy atom. The molecule has 0 atom stereocenters. The first kappa shape index (κ1) is 11.6. The molecule has 86 valence electrons. The van der Waals surface area contributed by atoms with Crippen LogP contribution in [0, 0.1) is 0 Å². The number of benzene rings is 1. The number of hydrogen-bond donors (Lipinski definition) is 1. The number of fused-ring (bicyclic) bond motifs is 1. The summed E-state index contributed by atoms with van der Waals surface area (Å²) >= 11 is 1.95. The van der Waals surface area contributed by atoms with Crippen molar-refractivity contribution in [1.29, 1.82) is 0 Å². The van der Waals surface area contributed by atoms with Gasteiger partial charge < -0.3 is 10.3 Å². The summed E-state index contributed by atoms with van der Waals surface area (Å²) in [6.45, 7) is 2.81. The first-order valence-electron chi connectivity index (χ1n) is 5.62. The Kier molecular flexibility index (Phi) is 3.56. The highest BCUT2D eigenvalue weighted by molar-refractivity contribution is 7.98. The van der Waals surface area contributed by atoms with E-state index in [0.29, 0.717) is 6.54 Å². The minimum absolute atomic E-state index is 0.613. The van der Waals surface area contributed by atoms with Gasteiger partial charge in [0.2, 0.25) is 0 Å². The van der Waals surface area contributed by atoms with Gasteiger partial charge in [-0.25, -0.2) is 0 Å². The van der Waals surface area contributed by atoms with E-state index in [2.05, 4.69) is 42.8 Å². The van der Waals surface area contributed by atoms with Gasteiger partial charge in [0, 0.05) is 35.9 Å². The molecule has 0 saturated heterocycles. The van der Waals surface area contributed by atoms with Gasteiger partial charge in [-0.05, 0) is 23.4 Å². The molecular formula is C13H18N2S. The van der Waals surface area contributed by atoms with Gasteiger partial charge in [0.15, 0.2) is 0 Å². The van der Waals surface area contributed by atoms with Crippen molar-refractivity contribution < 1.29 is 0 Å². The highest BCUT2D eigenvalue weighted by Gasteiger charge is 2.07. The molecule has 0 radical (unpaired) electrons. The molecule has 1 heterocycles. The molecule has 16 heavy (non-hydrogen) atoms. The number of thioether (sulfide) groups is 1. The van der Waals surface area contributed by atoms with Gasteiger partial charge in [-0.2, -0.15) is 11.8 Å². The molecule has 0 spiro atoms. The molecule has 0 aliphatic rings. The molecule has 0 bridgehead atoms. The Bertz CT molecular complexity index is 488. The molecule has 1 aromatic carbocycles. The molecule has 2 rings (SSSR count). The third-order valence-corrected chi connectivity index (χ3v) is 3.86. The van der Waals surface area contributed by atoms with E-state index in [1.165, 1.54) is 22.2 Å². The minimum Gasteiger partial charge on any atom is -0.347 e. The summed E-state index contributed by atoms with van der Waals surface area (Å²) in [7, 11) is 2.13. The van der Waals surface area contributed by atoms with Crippen molar-refractivity contribution in [2.45, 2.75) is 19.2 Å². The monoisotopic (exact) mass is 234 g/mol. The summed E-state index contributed by atoms with van der Waals surface area (Å²) < 4.78 is 2.27. The van der Waals surface area contributed by atoms with E-state index in [0.717, 1.165) is 11.5 Å². The largest absolute Gasteiger partial charge is 0.347 e. The zero-order valence-corrected chi connectivity index (χ0v) is 10.7. The average molecular weight is 234 g/mol. The summed E-state index contributed by atoms with van der Waals surface area (Å²) in [4.78, 5) is 0. The van der Waals surface area contributed by atoms with Crippen LogP contribution in [-0.2, 0) is 19.3 Å². The van der Waals surface area contributed by atoms with Gasteiger partial charge >= 0.3 is 0 Å². The van der Waals surface area contributed by atoms with Crippen LogP contribution in [0.25, 0.3) is 10.9 Å². The van der Waals surface area contributed by atoms with Crippen LogP contribution in [0.3, 0.4) is 0 Å². The summed E-state index contributed by atoms with van der Waals surface area (Å²) in [6.07, 6.45) is 0. The molecule has 0 aliphatic heterocycles. The van der Waals surface area contributed by atoms with Gasteiger partial charge in [-0.1, -0.05) is 19.1 Å². The highest BCUT2D eigenvalue weighted by atomic mass is 32.2. The van der Waals surface area contributed by atoms with Crippen molar-refractivity contribution in [3.8, 4) is 0 Å². The topological polar surface area (TPSA) is 30.9 Å². The summed E-state index contributed by atoms with van der Waals surface area (Å²) in [6, 6.07) is 8.63. The van der Waals surface area contributed by atoms with Gasteiger partial charge in [0.1, 0.15) is 0 Å². The van der Waals surface area contributed by atoms with E-state index < -0.39 is 0 Å². The van der Waals surface area contributed by atoms with E-state index >= 15 is 0 Å². The molecule has 2 N–H and O–H groups in total. The Labute approximate surface area is 101 Å². The number of nitrogens with zero attached hydrogens (tertiary/aromatic N) is 1. The van der Waals surface area contributed by atoms with Gasteiger partial charge in [-0.15, -0.1) is 0 Å².